The van der Waals surface area contributed by atoms with Crippen LogP contribution in [0.5, 0.6) is 0 Å². The van der Waals surface area contributed by atoms with E-state index in [4.69, 9.17) is 17.3 Å². The molecule has 0 unspecified atom stereocenters. The molecule has 4 nitrogen and oxygen atoms in total. The van der Waals surface area contributed by atoms with Crippen LogP contribution in [0.15, 0.2) is 24.5 Å². The third kappa shape index (κ3) is 1.68. The molecule has 0 radical (unpaired) electrons. The monoisotopic (exact) mass is 286 g/mol. The van der Waals surface area contributed by atoms with Gasteiger partial charge in [0.25, 0.3) is 0 Å². The first kappa shape index (κ1) is 12.9. The summed E-state index contributed by atoms with van der Waals surface area (Å²) in [5.74, 6) is 0.508. The van der Waals surface area contributed by atoms with Gasteiger partial charge in [0.1, 0.15) is 12.1 Å². The Balaban J connectivity index is 2.46. The van der Waals surface area contributed by atoms with Gasteiger partial charge in [-0.25, -0.2) is 9.97 Å². The first-order valence-corrected chi connectivity index (χ1v) is 6.73. The summed E-state index contributed by atoms with van der Waals surface area (Å²) in [6.07, 6.45) is 1.49. The van der Waals surface area contributed by atoms with Crippen molar-refractivity contribution in [3.05, 3.63) is 46.4 Å². The molecule has 0 amide bonds. The molecule has 0 spiro atoms. The molecule has 3 aromatic rings. The van der Waals surface area contributed by atoms with Crippen LogP contribution in [0.25, 0.3) is 16.7 Å². The standard InChI is InChI=1S/C15H15ClN4/c1-8-10(3)20(12-6-4-5-11(16)9(12)2)15-13(8)14(17)18-7-19-15/h4-7H,1-3H3,(H2,17,18,19). The molecule has 0 saturated heterocycles. The number of nitrogens with two attached hydrogens (primary N) is 1. The molecule has 0 aliphatic rings. The number of hydrogen-bond acceptors (Lipinski definition) is 3. The van der Waals surface area contributed by atoms with E-state index in [1.807, 2.05) is 32.0 Å². The number of aromatic nitrogens is 3. The fourth-order valence-corrected chi connectivity index (χ4v) is 2.73. The second-order valence-electron chi connectivity index (χ2n) is 4.89. The fraction of sp³-hybridized carbons (Fsp3) is 0.200. The summed E-state index contributed by atoms with van der Waals surface area (Å²) in [7, 11) is 0. The quantitative estimate of drug-likeness (QED) is 0.744. The van der Waals surface area contributed by atoms with Gasteiger partial charge in [-0.05, 0) is 44.0 Å². The molecular weight excluding hydrogens is 272 g/mol. The van der Waals surface area contributed by atoms with E-state index in [9.17, 15) is 0 Å². The predicted molar refractivity (Wildman–Crippen MR) is 82.5 cm³/mol. The maximum atomic E-state index is 6.23. The van der Waals surface area contributed by atoms with Crippen molar-refractivity contribution >= 4 is 28.5 Å². The SMILES string of the molecule is Cc1c(Cl)cccc1-n1c(C)c(C)c2c(N)ncnc21. The molecule has 1 aromatic carbocycles. The average molecular weight is 287 g/mol. The fourth-order valence-electron chi connectivity index (χ4n) is 2.56. The Hall–Kier alpha value is -2.07. The third-order valence-corrected chi connectivity index (χ3v) is 4.21. The van der Waals surface area contributed by atoms with E-state index in [0.717, 1.165) is 38.6 Å². The van der Waals surface area contributed by atoms with Gasteiger partial charge in [-0.2, -0.15) is 0 Å². The van der Waals surface area contributed by atoms with Crippen LogP contribution < -0.4 is 5.73 Å². The van der Waals surface area contributed by atoms with E-state index in [1.54, 1.807) is 0 Å². The Labute approximate surface area is 122 Å². The summed E-state index contributed by atoms with van der Waals surface area (Å²) >= 11 is 6.23. The second kappa shape index (κ2) is 4.49. The van der Waals surface area contributed by atoms with E-state index >= 15 is 0 Å². The number of hydrogen-bond donors (Lipinski definition) is 1. The number of anilines is 1. The lowest BCUT2D eigenvalue weighted by Crippen LogP contribution is -2.01. The minimum absolute atomic E-state index is 0.508. The number of benzene rings is 1. The summed E-state index contributed by atoms with van der Waals surface area (Å²) in [5, 5.41) is 1.65. The zero-order chi connectivity index (χ0) is 14.4. The topological polar surface area (TPSA) is 56.7 Å². The molecule has 0 saturated carbocycles. The van der Waals surface area contributed by atoms with Crippen LogP contribution in [-0.4, -0.2) is 14.5 Å². The Morgan fingerprint density at radius 1 is 1.10 bits per heavy atom. The summed E-state index contributed by atoms with van der Waals surface area (Å²) in [6, 6.07) is 5.86. The van der Waals surface area contributed by atoms with Crippen molar-refractivity contribution in [3.8, 4) is 5.69 Å². The van der Waals surface area contributed by atoms with Crippen molar-refractivity contribution < 1.29 is 0 Å². The van der Waals surface area contributed by atoms with Crippen LogP contribution in [0, 0.1) is 20.8 Å². The molecule has 5 heteroatoms. The van der Waals surface area contributed by atoms with Crippen LogP contribution in [0.4, 0.5) is 5.82 Å². The lowest BCUT2D eigenvalue weighted by molar-refractivity contribution is 1.00. The maximum absolute atomic E-state index is 6.23. The van der Waals surface area contributed by atoms with Gasteiger partial charge in [0.05, 0.1) is 11.1 Å². The number of nitrogens with zero attached hydrogens (tertiary/aromatic N) is 3. The molecule has 2 N–H and O–H groups in total. The molecule has 0 atom stereocenters. The number of aryl methyl sites for hydroxylation is 1. The molecular formula is C15H15ClN4. The van der Waals surface area contributed by atoms with E-state index in [-0.39, 0.29) is 0 Å². The van der Waals surface area contributed by atoms with Gasteiger partial charge >= 0.3 is 0 Å². The van der Waals surface area contributed by atoms with Gasteiger partial charge in [-0.15, -0.1) is 0 Å². The van der Waals surface area contributed by atoms with Gasteiger partial charge in [0.2, 0.25) is 0 Å². The molecule has 0 bridgehead atoms. The van der Waals surface area contributed by atoms with E-state index in [1.165, 1.54) is 6.33 Å². The minimum atomic E-state index is 0.508. The van der Waals surface area contributed by atoms with E-state index in [2.05, 4.69) is 21.5 Å². The predicted octanol–water partition coefficient (Wildman–Crippen LogP) is 3.58. The van der Waals surface area contributed by atoms with Gasteiger partial charge in [-0.1, -0.05) is 17.7 Å². The molecule has 0 fully saturated rings. The molecule has 2 aromatic heterocycles. The van der Waals surface area contributed by atoms with Crippen molar-refractivity contribution in [2.24, 2.45) is 0 Å². The van der Waals surface area contributed by atoms with Gasteiger partial charge < -0.3 is 5.73 Å². The second-order valence-corrected chi connectivity index (χ2v) is 5.29. The molecule has 20 heavy (non-hydrogen) atoms. The van der Waals surface area contributed by atoms with Gasteiger partial charge in [0.15, 0.2) is 5.65 Å². The molecule has 102 valence electrons. The van der Waals surface area contributed by atoms with Crippen LogP contribution in [0.3, 0.4) is 0 Å². The highest BCUT2D eigenvalue weighted by atomic mass is 35.5. The molecule has 2 heterocycles. The smallest absolute Gasteiger partial charge is 0.150 e. The average Bonchev–Trinajstić information content (AvgIpc) is 2.67. The summed E-state index contributed by atoms with van der Waals surface area (Å²) in [4.78, 5) is 8.48. The molecule has 0 aliphatic carbocycles. The molecule has 0 aliphatic heterocycles. The summed E-state index contributed by atoms with van der Waals surface area (Å²) < 4.78 is 2.09. The normalized spacial score (nSPS) is 11.2. The van der Waals surface area contributed by atoms with Crippen LogP contribution in [0.2, 0.25) is 5.02 Å². The lowest BCUT2D eigenvalue weighted by atomic mass is 10.2. The van der Waals surface area contributed by atoms with Crippen LogP contribution >= 0.6 is 11.6 Å². The zero-order valence-electron chi connectivity index (χ0n) is 11.6. The number of halogens is 1. The Morgan fingerprint density at radius 2 is 1.85 bits per heavy atom. The number of fused-ring (bicyclic) bond motifs is 1. The van der Waals surface area contributed by atoms with E-state index in [0.29, 0.717) is 5.82 Å². The Bertz CT molecular complexity index is 820. The number of rotatable bonds is 1. The third-order valence-electron chi connectivity index (χ3n) is 3.80. The van der Waals surface area contributed by atoms with Gasteiger partial charge in [-0.3, -0.25) is 4.57 Å². The van der Waals surface area contributed by atoms with Gasteiger partial charge in [0, 0.05) is 10.7 Å². The Morgan fingerprint density at radius 3 is 2.60 bits per heavy atom. The summed E-state index contributed by atoms with van der Waals surface area (Å²) in [6.45, 7) is 6.09. The highest BCUT2D eigenvalue weighted by molar-refractivity contribution is 6.31. The minimum Gasteiger partial charge on any atom is -0.383 e. The van der Waals surface area contributed by atoms with E-state index < -0.39 is 0 Å². The largest absolute Gasteiger partial charge is 0.383 e. The van der Waals surface area contributed by atoms with Crippen molar-refractivity contribution in [1.82, 2.24) is 14.5 Å². The van der Waals surface area contributed by atoms with Crippen LogP contribution in [-0.2, 0) is 0 Å². The highest BCUT2D eigenvalue weighted by Gasteiger charge is 2.17. The maximum Gasteiger partial charge on any atom is 0.150 e. The molecule has 3 rings (SSSR count). The highest BCUT2D eigenvalue weighted by Crippen LogP contribution is 2.32. The van der Waals surface area contributed by atoms with Crippen molar-refractivity contribution in [2.75, 3.05) is 5.73 Å². The van der Waals surface area contributed by atoms with Crippen molar-refractivity contribution in [2.45, 2.75) is 20.8 Å². The number of nitrogen functional groups attached to an aromatic ring is 1. The summed E-state index contributed by atoms with van der Waals surface area (Å²) in [5.41, 5.74) is 11.0. The van der Waals surface area contributed by atoms with Crippen LogP contribution in [0.1, 0.15) is 16.8 Å². The van der Waals surface area contributed by atoms with Crippen molar-refractivity contribution in [3.63, 3.8) is 0 Å². The Kier molecular flexibility index (Phi) is 2.91. The first-order chi connectivity index (χ1) is 9.52. The first-order valence-electron chi connectivity index (χ1n) is 6.36. The van der Waals surface area contributed by atoms with Crippen molar-refractivity contribution in [1.29, 1.82) is 0 Å². The zero-order valence-corrected chi connectivity index (χ0v) is 12.4. The lowest BCUT2D eigenvalue weighted by Gasteiger charge is -2.12.